The molecule has 3 heterocycles. The molecule has 0 aromatic heterocycles. The zero-order valence-electron chi connectivity index (χ0n) is 12.3. The molecule has 0 radical (unpaired) electrons. The summed E-state index contributed by atoms with van der Waals surface area (Å²) in [7, 11) is 1.53. The molecule has 0 saturated carbocycles. The van der Waals surface area contributed by atoms with Gasteiger partial charge in [0, 0.05) is 5.56 Å². The fraction of sp³-hybridized carbons (Fsp3) is 0.312. The Labute approximate surface area is 131 Å². The number of carbonyl (C=O) groups is 3. The van der Waals surface area contributed by atoms with Crippen LogP contribution in [0.15, 0.2) is 36.4 Å². The highest BCUT2D eigenvalue weighted by atomic mass is 16.5. The van der Waals surface area contributed by atoms with Gasteiger partial charge >= 0.3 is 0 Å². The average Bonchev–Trinajstić information content (AvgIpc) is 3.24. The van der Waals surface area contributed by atoms with E-state index in [0.29, 0.717) is 11.3 Å². The molecule has 7 nitrogen and oxygen atoms in total. The summed E-state index contributed by atoms with van der Waals surface area (Å²) in [6, 6.07) is 6.40. The standard InChI is InChI=1S/C16H14N2O5/c1-22-9-4-2-8(3-5-9)14(19)17-18-15(20)12-10-6-7-11(23-10)13(12)16(18)21/h2-7,10-13H,1H3,(H,17,19)/t10-,11+,12-,13+. The summed E-state index contributed by atoms with van der Waals surface area (Å²) in [6.45, 7) is 0. The van der Waals surface area contributed by atoms with Crippen LogP contribution in [0.2, 0.25) is 0 Å². The van der Waals surface area contributed by atoms with E-state index in [1.807, 2.05) is 0 Å². The highest BCUT2D eigenvalue weighted by molar-refractivity contribution is 6.09. The van der Waals surface area contributed by atoms with E-state index in [-0.39, 0.29) is 12.2 Å². The maximum atomic E-state index is 12.4. The van der Waals surface area contributed by atoms with Crippen molar-refractivity contribution < 1.29 is 23.9 Å². The Morgan fingerprint density at radius 2 is 1.65 bits per heavy atom. The Hall–Kier alpha value is -2.67. The van der Waals surface area contributed by atoms with Gasteiger partial charge in [-0.1, -0.05) is 12.2 Å². The molecule has 118 valence electrons. The van der Waals surface area contributed by atoms with E-state index in [2.05, 4.69) is 5.43 Å². The van der Waals surface area contributed by atoms with Gasteiger partial charge in [0.05, 0.1) is 31.2 Å². The first-order valence-electron chi connectivity index (χ1n) is 7.27. The van der Waals surface area contributed by atoms with Crippen molar-refractivity contribution in [2.45, 2.75) is 12.2 Å². The third-order valence-corrected chi connectivity index (χ3v) is 4.48. The molecule has 0 unspecified atom stereocenters. The third kappa shape index (κ3) is 1.97. The molecule has 1 aromatic rings. The van der Waals surface area contributed by atoms with Gasteiger partial charge in [-0.25, -0.2) is 0 Å². The van der Waals surface area contributed by atoms with Crippen LogP contribution in [-0.4, -0.2) is 42.0 Å². The first kappa shape index (κ1) is 14.0. The molecule has 23 heavy (non-hydrogen) atoms. The van der Waals surface area contributed by atoms with Crippen LogP contribution in [-0.2, 0) is 14.3 Å². The van der Waals surface area contributed by atoms with Gasteiger partial charge in [0.25, 0.3) is 17.7 Å². The number of imide groups is 1. The summed E-state index contributed by atoms with van der Waals surface area (Å²) in [5.41, 5.74) is 2.73. The lowest BCUT2D eigenvalue weighted by molar-refractivity contribution is -0.145. The summed E-state index contributed by atoms with van der Waals surface area (Å²) >= 11 is 0. The van der Waals surface area contributed by atoms with Crippen molar-refractivity contribution in [3.05, 3.63) is 42.0 Å². The number of hydrogen-bond donors (Lipinski definition) is 1. The molecule has 0 spiro atoms. The SMILES string of the molecule is COc1ccc(C(=O)NN2C(=O)[C@@H]3[C@H](C2=O)[C@H]2C=C[C@@H]3O2)cc1. The highest BCUT2D eigenvalue weighted by Crippen LogP contribution is 2.44. The topological polar surface area (TPSA) is 84.9 Å². The first-order chi connectivity index (χ1) is 11.1. The normalized spacial score (nSPS) is 30.7. The Morgan fingerprint density at radius 1 is 1.09 bits per heavy atom. The fourth-order valence-electron chi connectivity index (χ4n) is 3.32. The van der Waals surface area contributed by atoms with Gasteiger partial charge in [-0.3, -0.25) is 19.8 Å². The van der Waals surface area contributed by atoms with Gasteiger partial charge in [0.2, 0.25) is 0 Å². The molecule has 1 N–H and O–H groups in total. The second-order valence-corrected chi connectivity index (χ2v) is 5.68. The summed E-state index contributed by atoms with van der Waals surface area (Å²) in [6.07, 6.45) is 2.85. The van der Waals surface area contributed by atoms with Crippen molar-refractivity contribution in [1.29, 1.82) is 0 Å². The zero-order chi connectivity index (χ0) is 16.1. The Balaban J connectivity index is 1.52. The molecular formula is C16H14N2O5. The van der Waals surface area contributed by atoms with Crippen molar-refractivity contribution in [2.24, 2.45) is 11.8 Å². The number of benzene rings is 1. The molecule has 3 aliphatic rings. The molecular weight excluding hydrogens is 300 g/mol. The minimum Gasteiger partial charge on any atom is -0.497 e. The Bertz CT molecular complexity index is 696. The lowest BCUT2D eigenvalue weighted by Crippen LogP contribution is -2.47. The van der Waals surface area contributed by atoms with Crippen molar-refractivity contribution >= 4 is 17.7 Å². The molecule has 2 fully saturated rings. The molecule has 7 heteroatoms. The van der Waals surface area contributed by atoms with Crippen LogP contribution in [0.25, 0.3) is 0 Å². The second-order valence-electron chi connectivity index (χ2n) is 5.68. The number of nitrogens with one attached hydrogen (secondary N) is 1. The molecule has 4 atom stereocenters. The summed E-state index contributed by atoms with van der Waals surface area (Å²) in [5, 5.41) is 0.831. The van der Waals surface area contributed by atoms with Crippen LogP contribution in [0.1, 0.15) is 10.4 Å². The van der Waals surface area contributed by atoms with Crippen molar-refractivity contribution in [2.75, 3.05) is 7.11 Å². The number of amides is 3. The maximum Gasteiger partial charge on any atom is 0.270 e. The minimum atomic E-state index is -0.534. The minimum absolute atomic E-state index is 0.334. The zero-order valence-corrected chi connectivity index (χ0v) is 12.3. The lowest BCUT2D eigenvalue weighted by atomic mass is 9.85. The van der Waals surface area contributed by atoms with Gasteiger partial charge in [-0.05, 0) is 24.3 Å². The molecule has 0 aliphatic carbocycles. The van der Waals surface area contributed by atoms with E-state index < -0.39 is 29.6 Å². The van der Waals surface area contributed by atoms with Gasteiger partial charge in [-0.2, -0.15) is 5.01 Å². The number of rotatable bonds is 3. The fourth-order valence-corrected chi connectivity index (χ4v) is 3.32. The van der Waals surface area contributed by atoms with Gasteiger partial charge in [0.15, 0.2) is 0 Å². The summed E-state index contributed by atoms with van der Waals surface area (Å²) in [5.74, 6) is -1.81. The van der Waals surface area contributed by atoms with Crippen molar-refractivity contribution in [3.8, 4) is 5.75 Å². The molecule has 2 bridgehead atoms. The first-order valence-corrected chi connectivity index (χ1v) is 7.27. The monoisotopic (exact) mass is 314 g/mol. The Kier molecular flexibility index (Phi) is 2.99. The third-order valence-electron chi connectivity index (χ3n) is 4.48. The molecule has 4 rings (SSSR count). The van der Waals surface area contributed by atoms with Gasteiger partial charge in [-0.15, -0.1) is 0 Å². The largest absolute Gasteiger partial charge is 0.497 e. The molecule has 1 aromatic carbocycles. The predicted molar refractivity (Wildman–Crippen MR) is 77.1 cm³/mol. The number of methoxy groups -OCH3 is 1. The van der Waals surface area contributed by atoms with E-state index in [1.54, 1.807) is 36.4 Å². The molecule has 2 saturated heterocycles. The molecule has 3 amide bonds. The predicted octanol–water partition coefficient (Wildman–Crippen LogP) is 0.278. The number of hydrazine groups is 1. The average molecular weight is 314 g/mol. The van der Waals surface area contributed by atoms with Crippen LogP contribution >= 0.6 is 0 Å². The quantitative estimate of drug-likeness (QED) is 0.640. The van der Waals surface area contributed by atoms with E-state index >= 15 is 0 Å². The van der Waals surface area contributed by atoms with Crippen molar-refractivity contribution in [3.63, 3.8) is 0 Å². The van der Waals surface area contributed by atoms with Gasteiger partial charge in [0.1, 0.15) is 5.75 Å². The van der Waals surface area contributed by atoms with Crippen molar-refractivity contribution in [1.82, 2.24) is 10.4 Å². The number of carbonyl (C=O) groups excluding carboxylic acids is 3. The van der Waals surface area contributed by atoms with E-state index in [0.717, 1.165) is 5.01 Å². The number of ether oxygens (including phenoxy) is 2. The van der Waals surface area contributed by atoms with Gasteiger partial charge < -0.3 is 9.47 Å². The van der Waals surface area contributed by atoms with Crippen LogP contribution in [0, 0.1) is 11.8 Å². The lowest BCUT2D eigenvalue weighted by Gasteiger charge is -2.18. The van der Waals surface area contributed by atoms with Crippen LogP contribution in [0.4, 0.5) is 0 Å². The van der Waals surface area contributed by atoms with Crippen LogP contribution < -0.4 is 10.2 Å². The van der Waals surface area contributed by atoms with E-state index in [9.17, 15) is 14.4 Å². The molecule has 3 aliphatic heterocycles. The second kappa shape index (κ2) is 4.92. The Morgan fingerprint density at radius 3 is 2.17 bits per heavy atom. The smallest absolute Gasteiger partial charge is 0.270 e. The van der Waals surface area contributed by atoms with E-state index in [4.69, 9.17) is 9.47 Å². The summed E-state index contributed by atoms with van der Waals surface area (Å²) < 4.78 is 10.6. The number of nitrogens with zero attached hydrogens (tertiary/aromatic N) is 1. The maximum absolute atomic E-state index is 12.4. The number of fused-ring (bicyclic) bond motifs is 5. The number of hydrogen-bond acceptors (Lipinski definition) is 5. The van der Waals surface area contributed by atoms with E-state index in [1.165, 1.54) is 7.11 Å². The van der Waals surface area contributed by atoms with Crippen LogP contribution in [0.3, 0.4) is 0 Å². The highest BCUT2D eigenvalue weighted by Gasteiger charge is 2.61. The van der Waals surface area contributed by atoms with Crippen LogP contribution in [0.5, 0.6) is 5.75 Å². The summed E-state index contributed by atoms with van der Waals surface area (Å²) in [4.78, 5) is 37.1.